The van der Waals surface area contributed by atoms with Crippen molar-refractivity contribution >= 4 is 33.7 Å². The lowest BCUT2D eigenvalue weighted by molar-refractivity contribution is -0.142. The Morgan fingerprint density at radius 3 is 2.32 bits per heavy atom. The van der Waals surface area contributed by atoms with Crippen LogP contribution in [0.3, 0.4) is 0 Å². The van der Waals surface area contributed by atoms with Crippen LogP contribution in [-0.2, 0) is 23.0 Å². The van der Waals surface area contributed by atoms with E-state index >= 15 is 0 Å². The van der Waals surface area contributed by atoms with E-state index in [2.05, 4.69) is 15.9 Å². The van der Waals surface area contributed by atoms with Crippen molar-refractivity contribution in [3.05, 3.63) is 56.8 Å². The van der Waals surface area contributed by atoms with Gasteiger partial charge in [-0.15, -0.1) is 0 Å². The summed E-state index contributed by atoms with van der Waals surface area (Å²) in [5.74, 6) is -2.09. The van der Waals surface area contributed by atoms with Crippen molar-refractivity contribution < 1.29 is 24.2 Å². The standard InChI is InChI=1S/C18H18BrNO5/c1-4-25-13(21)9-12-14(18(23)24)15(19)16(20(12)3)17(22)11-7-5-10(2)6-8-11/h5-8H,4,9H2,1-3H3,(H,23,24). The summed E-state index contributed by atoms with van der Waals surface area (Å²) in [6.07, 6.45) is -0.230. The van der Waals surface area contributed by atoms with Crippen LogP contribution in [0, 0.1) is 6.92 Å². The van der Waals surface area contributed by atoms with Crippen molar-refractivity contribution in [1.29, 1.82) is 0 Å². The zero-order valence-corrected chi connectivity index (χ0v) is 15.7. The zero-order chi connectivity index (χ0) is 18.7. The van der Waals surface area contributed by atoms with Crippen molar-refractivity contribution in [2.24, 2.45) is 7.05 Å². The fraction of sp³-hybridized carbons (Fsp3) is 0.278. The monoisotopic (exact) mass is 407 g/mol. The maximum absolute atomic E-state index is 12.8. The third kappa shape index (κ3) is 3.82. The molecule has 0 spiro atoms. The van der Waals surface area contributed by atoms with Gasteiger partial charge in [0.2, 0.25) is 5.78 Å². The van der Waals surface area contributed by atoms with Gasteiger partial charge in [0.15, 0.2) is 0 Å². The van der Waals surface area contributed by atoms with Crippen LogP contribution in [0.5, 0.6) is 0 Å². The predicted octanol–water partition coefficient (Wildman–Crippen LogP) is 3.13. The Bertz CT molecular complexity index is 836. The third-order valence-corrected chi connectivity index (χ3v) is 4.59. The van der Waals surface area contributed by atoms with Crippen molar-refractivity contribution in [3.8, 4) is 0 Å². The molecule has 0 saturated carbocycles. The highest BCUT2D eigenvalue weighted by Gasteiger charge is 2.29. The van der Waals surface area contributed by atoms with Gasteiger partial charge in [-0.3, -0.25) is 9.59 Å². The Balaban J connectivity index is 2.55. The van der Waals surface area contributed by atoms with Gasteiger partial charge >= 0.3 is 11.9 Å². The van der Waals surface area contributed by atoms with Crippen LogP contribution in [0.4, 0.5) is 0 Å². The first-order valence-electron chi connectivity index (χ1n) is 7.65. The van der Waals surface area contributed by atoms with Crippen molar-refractivity contribution in [2.75, 3.05) is 6.61 Å². The number of aromatic nitrogens is 1. The van der Waals surface area contributed by atoms with Crippen LogP contribution in [-0.4, -0.2) is 34.0 Å². The maximum atomic E-state index is 12.8. The number of nitrogens with zero attached hydrogens (tertiary/aromatic N) is 1. The van der Waals surface area contributed by atoms with Crippen LogP contribution in [0.25, 0.3) is 0 Å². The van der Waals surface area contributed by atoms with E-state index in [4.69, 9.17) is 4.74 Å². The molecule has 0 saturated heterocycles. The summed E-state index contributed by atoms with van der Waals surface area (Å²) < 4.78 is 6.49. The molecule has 0 unspecified atom stereocenters. The number of hydrogen-bond donors (Lipinski definition) is 1. The molecule has 2 rings (SSSR count). The molecule has 1 heterocycles. The summed E-state index contributed by atoms with van der Waals surface area (Å²) in [7, 11) is 1.56. The second-order valence-electron chi connectivity index (χ2n) is 5.53. The lowest BCUT2D eigenvalue weighted by atomic mass is 10.1. The Labute approximate surface area is 153 Å². The number of hydrogen-bond acceptors (Lipinski definition) is 4. The van der Waals surface area contributed by atoms with Crippen LogP contribution in [0.2, 0.25) is 0 Å². The normalized spacial score (nSPS) is 10.6. The lowest BCUT2D eigenvalue weighted by Gasteiger charge is -2.08. The van der Waals surface area contributed by atoms with Crippen molar-refractivity contribution in [1.82, 2.24) is 4.57 Å². The second-order valence-corrected chi connectivity index (χ2v) is 6.32. The summed E-state index contributed by atoms with van der Waals surface area (Å²) in [5.41, 5.74) is 1.74. The number of benzene rings is 1. The maximum Gasteiger partial charge on any atom is 0.338 e. The van der Waals surface area contributed by atoms with Crippen LogP contribution < -0.4 is 0 Å². The number of aromatic carboxylic acids is 1. The van der Waals surface area contributed by atoms with E-state index in [1.807, 2.05) is 19.1 Å². The number of carbonyl (C=O) groups excluding carboxylic acids is 2. The largest absolute Gasteiger partial charge is 0.478 e. The summed E-state index contributed by atoms with van der Waals surface area (Å²) in [4.78, 5) is 36.3. The van der Waals surface area contributed by atoms with E-state index in [1.165, 1.54) is 4.57 Å². The number of aryl methyl sites for hydroxylation is 1. The van der Waals surface area contributed by atoms with E-state index in [0.717, 1.165) is 5.56 Å². The van der Waals surface area contributed by atoms with Crippen LogP contribution in [0.15, 0.2) is 28.7 Å². The van der Waals surface area contributed by atoms with Gasteiger partial charge in [0.05, 0.1) is 23.1 Å². The Hall–Kier alpha value is -2.41. The highest BCUT2D eigenvalue weighted by Crippen LogP contribution is 2.30. The fourth-order valence-electron chi connectivity index (χ4n) is 2.56. The zero-order valence-electron chi connectivity index (χ0n) is 14.1. The molecule has 1 aromatic heterocycles. The lowest BCUT2D eigenvalue weighted by Crippen LogP contribution is -2.15. The van der Waals surface area contributed by atoms with Gasteiger partial charge in [-0.05, 0) is 29.8 Å². The number of rotatable bonds is 6. The van der Waals surface area contributed by atoms with Gasteiger partial charge in [-0.25, -0.2) is 4.79 Å². The molecule has 0 aliphatic heterocycles. The average Bonchev–Trinajstić information content (AvgIpc) is 2.78. The highest BCUT2D eigenvalue weighted by molar-refractivity contribution is 9.10. The Morgan fingerprint density at radius 1 is 1.20 bits per heavy atom. The van der Waals surface area contributed by atoms with E-state index < -0.39 is 11.9 Å². The minimum absolute atomic E-state index is 0.106. The molecule has 0 atom stereocenters. The molecular weight excluding hydrogens is 390 g/mol. The van der Waals surface area contributed by atoms with Gasteiger partial charge in [-0.2, -0.15) is 0 Å². The van der Waals surface area contributed by atoms with E-state index in [1.54, 1.807) is 26.1 Å². The molecule has 7 heteroatoms. The van der Waals surface area contributed by atoms with E-state index in [0.29, 0.717) is 5.56 Å². The molecule has 0 aliphatic rings. The molecule has 0 amide bonds. The smallest absolute Gasteiger partial charge is 0.338 e. The number of ketones is 1. The molecule has 1 aromatic carbocycles. The number of ether oxygens (including phenoxy) is 1. The summed E-state index contributed by atoms with van der Waals surface area (Å²) >= 11 is 3.22. The van der Waals surface area contributed by atoms with Gasteiger partial charge in [0, 0.05) is 18.3 Å². The molecule has 2 aromatic rings. The number of carbonyl (C=O) groups is 3. The van der Waals surface area contributed by atoms with Gasteiger partial charge < -0.3 is 14.4 Å². The van der Waals surface area contributed by atoms with Crippen LogP contribution in [0.1, 0.15) is 44.6 Å². The Morgan fingerprint density at radius 2 is 1.80 bits per heavy atom. The minimum atomic E-state index is -1.22. The average molecular weight is 408 g/mol. The van der Waals surface area contributed by atoms with E-state index in [-0.39, 0.29) is 40.2 Å². The molecule has 0 radical (unpaired) electrons. The number of esters is 1. The SMILES string of the molecule is CCOC(=O)Cc1c(C(=O)O)c(Br)c(C(=O)c2ccc(C)cc2)n1C. The van der Waals surface area contributed by atoms with E-state index in [9.17, 15) is 19.5 Å². The van der Waals surface area contributed by atoms with Gasteiger partial charge in [0.1, 0.15) is 5.69 Å². The second kappa shape index (κ2) is 7.65. The topological polar surface area (TPSA) is 85.6 Å². The fourth-order valence-corrected chi connectivity index (χ4v) is 3.41. The van der Waals surface area contributed by atoms with Gasteiger partial charge in [0.25, 0.3) is 0 Å². The summed E-state index contributed by atoms with van der Waals surface area (Å²) in [5, 5.41) is 9.51. The molecule has 6 nitrogen and oxygen atoms in total. The quantitative estimate of drug-likeness (QED) is 0.587. The van der Waals surface area contributed by atoms with Crippen LogP contribution >= 0.6 is 15.9 Å². The minimum Gasteiger partial charge on any atom is -0.478 e. The summed E-state index contributed by atoms with van der Waals surface area (Å²) in [6.45, 7) is 3.78. The summed E-state index contributed by atoms with van der Waals surface area (Å²) in [6, 6.07) is 6.98. The molecule has 132 valence electrons. The van der Waals surface area contributed by atoms with Crippen molar-refractivity contribution in [3.63, 3.8) is 0 Å². The predicted molar refractivity (Wildman–Crippen MR) is 95.0 cm³/mol. The molecule has 0 aliphatic carbocycles. The number of halogens is 1. The highest BCUT2D eigenvalue weighted by atomic mass is 79.9. The number of carboxylic acids is 1. The molecule has 25 heavy (non-hydrogen) atoms. The third-order valence-electron chi connectivity index (χ3n) is 3.82. The van der Waals surface area contributed by atoms with Crippen molar-refractivity contribution in [2.45, 2.75) is 20.3 Å². The van der Waals surface area contributed by atoms with Gasteiger partial charge in [-0.1, -0.05) is 29.8 Å². The Kier molecular flexibility index (Phi) is 5.79. The first kappa shape index (κ1) is 18.9. The first-order chi connectivity index (χ1) is 11.8. The molecule has 0 fully saturated rings. The molecular formula is C18H18BrNO5. The number of carboxylic acid groups (broad SMARTS) is 1. The first-order valence-corrected chi connectivity index (χ1v) is 8.44. The molecule has 0 bridgehead atoms. The molecule has 1 N–H and O–H groups in total.